The normalized spacial score (nSPS) is 18.3. The summed E-state index contributed by atoms with van der Waals surface area (Å²) < 4.78 is 0. The Balaban J connectivity index is 2.01. The number of hydrogen-bond acceptors (Lipinski definition) is 3. The highest BCUT2D eigenvalue weighted by molar-refractivity contribution is 7.10. The minimum atomic E-state index is -1.07. The van der Waals surface area contributed by atoms with Crippen LogP contribution in [0, 0.1) is 0 Å². The van der Waals surface area contributed by atoms with E-state index in [-0.39, 0.29) is 5.91 Å². The maximum Gasteiger partial charge on any atom is 0.329 e. The van der Waals surface area contributed by atoms with Gasteiger partial charge in [-0.15, -0.1) is 11.3 Å². The summed E-state index contributed by atoms with van der Waals surface area (Å²) in [7, 11) is 0. The van der Waals surface area contributed by atoms with E-state index in [4.69, 9.17) is 0 Å². The number of carbonyl (C=O) groups excluding carboxylic acids is 1. The van der Waals surface area contributed by atoms with Gasteiger partial charge in [0.25, 0.3) is 0 Å². The summed E-state index contributed by atoms with van der Waals surface area (Å²) in [6.07, 6.45) is 6.88. The number of carboxylic acids is 1. The Morgan fingerprint density at radius 2 is 2.05 bits per heavy atom. The van der Waals surface area contributed by atoms with Gasteiger partial charge in [-0.1, -0.05) is 25.3 Å². The van der Waals surface area contributed by atoms with Crippen molar-refractivity contribution < 1.29 is 14.7 Å². The molecule has 102 valence electrons. The average molecular weight is 279 g/mol. The Morgan fingerprint density at radius 3 is 2.63 bits per heavy atom. The van der Waals surface area contributed by atoms with Crippen LogP contribution in [0.15, 0.2) is 23.6 Å². The second-order valence-corrected chi connectivity index (χ2v) is 5.77. The fourth-order valence-corrected chi connectivity index (χ4v) is 2.99. The van der Waals surface area contributed by atoms with Gasteiger partial charge in [0.05, 0.1) is 0 Å². The van der Waals surface area contributed by atoms with Gasteiger partial charge < -0.3 is 10.4 Å². The largest absolute Gasteiger partial charge is 0.480 e. The van der Waals surface area contributed by atoms with Crippen LogP contribution in [-0.2, 0) is 9.59 Å². The molecule has 1 aromatic heterocycles. The van der Waals surface area contributed by atoms with E-state index in [1.807, 2.05) is 17.5 Å². The van der Waals surface area contributed by atoms with Gasteiger partial charge in [-0.3, -0.25) is 4.79 Å². The van der Waals surface area contributed by atoms with Gasteiger partial charge in [-0.2, -0.15) is 0 Å². The number of nitrogens with one attached hydrogen (secondary N) is 1. The molecule has 0 radical (unpaired) electrons. The number of aliphatic carboxylic acids is 1. The van der Waals surface area contributed by atoms with Crippen molar-refractivity contribution in [2.75, 3.05) is 0 Å². The first-order chi connectivity index (χ1) is 9.12. The van der Waals surface area contributed by atoms with Crippen molar-refractivity contribution in [1.82, 2.24) is 5.32 Å². The van der Waals surface area contributed by atoms with E-state index < -0.39 is 11.5 Å². The molecule has 0 spiro atoms. The topological polar surface area (TPSA) is 66.4 Å². The van der Waals surface area contributed by atoms with Crippen molar-refractivity contribution in [2.45, 2.75) is 37.6 Å². The van der Waals surface area contributed by atoms with Gasteiger partial charge in [0.2, 0.25) is 5.91 Å². The minimum absolute atomic E-state index is 0.335. The zero-order chi connectivity index (χ0) is 13.7. The van der Waals surface area contributed by atoms with Crippen LogP contribution in [0.2, 0.25) is 0 Å². The molecule has 0 bridgehead atoms. The van der Waals surface area contributed by atoms with Crippen molar-refractivity contribution in [2.24, 2.45) is 0 Å². The molecule has 1 aliphatic carbocycles. The van der Waals surface area contributed by atoms with Gasteiger partial charge in [-0.25, -0.2) is 4.79 Å². The van der Waals surface area contributed by atoms with E-state index in [9.17, 15) is 14.7 Å². The summed E-state index contributed by atoms with van der Waals surface area (Å²) in [4.78, 5) is 24.2. The van der Waals surface area contributed by atoms with Crippen molar-refractivity contribution in [3.8, 4) is 0 Å². The first-order valence-electron chi connectivity index (χ1n) is 6.39. The Hall–Kier alpha value is -1.62. The highest BCUT2D eigenvalue weighted by atomic mass is 32.1. The van der Waals surface area contributed by atoms with Crippen LogP contribution in [0.3, 0.4) is 0 Å². The smallest absolute Gasteiger partial charge is 0.329 e. The number of carboxylic acid groups (broad SMARTS) is 1. The average Bonchev–Trinajstić information content (AvgIpc) is 2.90. The molecule has 2 rings (SSSR count). The fourth-order valence-electron chi connectivity index (χ4n) is 2.37. The van der Waals surface area contributed by atoms with Crippen LogP contribution in [0.1, 0.15) is 37.0 Å². The van der Waals surface area contributed by atoms with Gasteiger partial charge in [-0.05, 0) is 30.4 Å². The number of rotatable bonds is 4. The third kappa shape index (κ3) is 3.44. The van der Waals surface area contributed by atoms with Gasteiger partial charge in [0, 0.05) is 11.0 Å². The summed E-state index contributed by atoms with van der Waals surface area (Å²) in [6, 6.07) is 3.81. The molecular formula is C14H17NO3S. The van der Waals surface area contributed by atoms with Crippen LogP contribution in [0.4, 0.5) is 0 Å². The first kappa shape index (κ1) is 13.8. The Kier molecular flexibility index (Phi) is 4.37. The number of hydrogen-bond donors (Lipinski definition) is 2. The van der Waals surface area contributed by atoms with Crippen LogP contribution in [-0.4, -0.2) is 22.5 Å². The molecule has 1 aliphatic rings. The SMILES string of the molecule is O=C(/C=C/c1cccs1)NC1(C(=O)O)CCCCC1. The molecule has 0 unspecified atom stereocenters. The summed E-state index contributed by atoms with van der Waals surface area (Å²) in [5.41, 5.74) is -1.07. The molecular weight excluding hydrogens is 262 g/mol. The molecule has 0 saturated heterocycles. The minimum Gasteiger partial charge on any atom is -0.480 e. The monoisotopic (exact) mass is 279 g/mol. The highest BCUT2D eigenvalue weighted by Gasteiger charge is 2.40. The van der Waals surface area contributed by atoms with Gasteiger partial charge in [0.1, 0.15) is 5.54 Å². The van der Waals surface area contributed by atoms with Crippen molar-refractivity contribution in [3.05, 3.63) is 28.5 Å². The number of carbonyl (C=O) groups is 2. The third-order valence-electron chi connectivity index (χ3n) is 3.42. The zero-order valence-corrected chi connectivity index (χ0v) is 11.4. The molecule has 0 aliphatic heterocycles. The maximum absolute atomic E-state index is 11.9. The quantitative estimate of drug-likeness (QED) is 0.833. The predicted octanol–water partition coefficient (Wildman–Crippen LogP) is 2.67. The number of thiophene rings is 1. The van der Waals surface area contributed by atoms with Crippen LogP contribution < -0.4 is 5.32 Å². The number of amides is 1. The molecule has 0 atom stereocenters. The molecule has 1 aromatic rings. The van der Waals surface area contributed by atoms with Crippen LogP contribution in [0.25, 0.3) is 6.08 Å². The Morgan fingerprint density at radius 1 is 1.32 bits per heavy atom. The lowest BCUT2D eigenvalue weighted by Crippen LogP contribution is -2.55. The summed E-state index contributed by atoms with van der Waals surface area (Å²) in [5.74, 6) is -1.26. The molecule has 1 heterocycles. The molecule has 1 amide bonds. The summed E-state index contributed by atoms with van der Waals surface area (Å²) in [6.45, 7) is 0. The zero-order valence-electron chi connectivity index (χ0n) is 10.6. The lowest BCUT2D eigenvalue weighted by Gasteiger charge is -2.33. The van der Waals surface area contributed by atoms with E-state index in [1.165, 1.54) is 17.4 Å². The molecule has 5 heteroatoms. The van der Waals surface area contributed by atoms with Crippen molar-refractivity contribution >= 4 is 29.3 Å². The Bertz CT molecular complexity index is 473. The molecule has 4 nitrogen and oxygen atoms in total. The molecule has 1 fully saturated rings. The van der Waals surface area contributed by atoms with Crippen molar-refractivity contribution in [3.63, 3.8) is 0 Å². The van der Waals surface area contributed by atoms with Gasteiger partial charge in [0.15, 0.2) is 0 Å². The lowest BCUT2D eigenvalue weighted by molar-refractivity contribution is -0.148. The highest BCUT2D eigenvalue weighted by Crippen LogP contribution is 2.28. The van der Waals surface area contributed by atoms with E-state index in [1.54, 1.807) is 6.08 Å². The standard InChI is InChI=1S/C14H17NO3S/c16-12(7-6-11-5-4-10-19-11)15-14(13(17)18)8-2-1-3-9-14/h4-7,10H,1-3,8-9H2,(H,15,16)(H,17,18)/b7-6+. The predicted molar refractivity (Wildman–Crippen MR) is 74.9 cm³/mol. The molecule has 19 heavy (non-hydrogen) atoms. The molecule has 1 saturated carbocycles. The van der Waals surface area contributed by atoms with Crippen LogP contribution >= 0.6 is 11.3 Å². The van der Waals surface area contributed by atoms with Crippen LogP contribution in [0.5, 0.6) is 0 Å². The summed E-state index contributed by atoms with van der Waals surface area (Å²) in [5, 5.41) is 14.0. The second-order valence-electron chi connectivity index (χ2n) is 4.79. The van der Waals surface area contributed by atoms with E-state index >= 15 is 0 Å². The Labute approximate surface area is 116 Å². The van der Waals surface area contributed by atoms with E-state index in [0.717, 1.165) is 24.1 Å². The summed E-state index contributed by atoms with van der Waals surface area (Å²) >= 11 is 1.53. The van der Waals surface area contributed by atoms with Crippen molar-refractivity contribution in [1.29, 1.82) is 0 Å². The molecule has 2 N–H and O–H groups in total. The van der Waals surface area contributed by atoms with E-state index in [2.05, 4.69) is 5.32 Å². The maximum atomic E-state index is 11.9. The van der Waals surface area contributed by atoms with Gasteiger partial charge >= 0.3 is 5.97 Å². The first-order valence-corrected chi connectivity index (χ1v) is 7.27. The fraction of sp³-hybridized carbons (Fsp3) is 0.429. The molecule has 0 aromatic carbocycles. The second kappa shape index (κ2) is 6.02. The lowest BCUT2D eigenvalue weighted by atomic mass is 9.81. The van der Waals surface area contributed by atoms with E-state index in [0.29, 0.717) is 12.8 Å². The third-order valence-corrected chi connectivity index (χ3v) is 4.26.